The van der Waals surface area contributed by atoms with Gasteiger partial charge in [-0.05, 0) is 32.1 Å². The van der Waals surface area contributed by atoms with E-state index in [0.717, 1.165) is 6.42 Å². The monoisotopic (exact) mass is 300 g/mol. The van der Waals surface area contributed by atoms with E-state index in [1.165, 1.54) is 6.92 Å². The lowest BCUT2D eigenvalue weighted by Gasteiger charge is -2.32. The van der Waals surface area contributed by atoms with Crippen LogP contribution in [0.1, 0.15) is 54.4 Å². The molecule has 122 valence electrons. The highest BCUT2D eigenvalue weighted by Crippen LogP contribution is 2.35. The SMILES string of the molecule is CC(=O)CC(=O)OCCOC(=O)C(C)(CC(C)C)C(C)C. The summed E-state index contributed by atoms with van der Waals surface area (Å²) in [4.78, 5) is 34.1. The van der Waals surface area contributed by atoms with Crippen LogP contribution in [0.5, 0.6) is 0 Å². The van der Waals surface area contributed by atoms with Crippen molar-refractivity contribution in [1.82, 2.24) is 0 Å². The Labute approximate surface area is 127 Å². The van der Waals surface area contributed by atoms with E-state index in [0.29, 0.717) is 5.92 Å². The van der Waals surface area contributed by atoms with Crippen LogP contribution < -0.4 is 0 Å². The Morgan fingerprint density at radius 2 is 1.52 bits per heavy atom. The maximum absolute atomic E-state index is 12.2. The minimum absolute atomic E-state index is 0.0167. The van der Waals surface area contributed by atoms with Gasteiger partial charge in [0, 0.05) is 0 Å². The number of esters is 2. The van der Waals surface area contributed by atoms with E-state index in [9.17, 15) is 14.4 Å². The maximum atomic E-state index is 12.2. The molecule has 21 heavy (non-hydrogen) atoms. The topological polar surface area (TPSA) is 69.7 Å². The number of hydrogen-bond acceptors (Lipinski definition) is 5. The van der Waals surface area contributed by atoms with Gasteiger partial charge in [-0.1, -0.05) is 27.7 Å². The van der Waals surface area contributed by atoms with Crippen LogP contribution in [0.4, 0.5) is 0 Å². The van der Waals surface area contributed by atoms with Gasteiger partial charge in [-0.15, -0.1) is 0 Å². The highest BCUT2D eigenvalue weighted by Gasteiger charge is 2.38. The van der Waals surface area contributed by atoms with Crippen molar-refractivity contribution in [2.75, 3.05) is 13.2 Å². The van der Waals surface area contributed by atoms with Crippen molar-refractivity contribution in [3.63, 3.8) is 0 Å². The van der Waals surface area contributed by atoms with Crippen molar-refractivity contribution < 1.29 is 23.9 Å². The molecule has 0 rings (SSSR count). The molecular weight excluding hydrogens is 272 g/mol. The molecule has 0 spiro atoms. The van der Waals surface area contributed by atoms with Gasteiger partial charge in [0.1, 0.15) is 25.4 Å². The van der Waals surface area contributed by atoms with E-state index in [1.807, 2.05) is 20.8 Å². The van der Waals surface area contributed by atoms with Crippen LogP contribution in [0.3, 0.4) is 0 Å². The van der Waals surface area contributed by atoms with Gasteiger partial charge in [-0.3, -0.25) is 14.4 Å². The molecule has 5 nitrogen and oxygen atoms in total. The van der Waals surface area contributed by atoms with Crippen molar-refractivity contribution in [2.45, 2.75) is 54.4 Å². The van der Waals surface area contributed by atoms with Gasteiger partial charge in [0.15, 0.2) is 0 Å². The third-order valence-corrected chi connectivity index (χ3v) is 3.55. The van der Waals surface area contributed by atoms with E-state index in [-0.39, 0.29) is 37.3 Å². The summed E-state index contributed by atoms with van der Waals surface area (Å²) in [7, 11) is 0. The second kappa shape index (κ2) is 8.80. The molecule has 0 aliphatic carbocycles. The Morgan fingerprint density at radius 3 is 1.95 bits per heavy atom. The predicted molar refractivity (Wildman–Crippen MR) is 79.6 cm³/mol. The molecule has 0 heterocycles. The van der Waals surface area contributed by atoms with Crippen LogP contribution in [0.15, 0.2) is 0 Å². The molecule has 0 aromatic carbocycles. The van der Waals surface area contributed by atoms with Crippen LogP contribution in [-0.2, 0) is 23.9 Å². The maximum Gasteiger partial charge on any atom is 0.313 e. The van der Waals surface area contributed by atoms with Crippen molar-refractivity contribution in [3.8, 4) is 0 Å². The Morgan fingerprint density at radius 1 is 1.00 bits per heavy atom. The molecule has 0 aromatic rings. The molecule has 0 N–H and O–H groups in total. The summed E-state index contributed by atoms with van der Waals surface area (Å²) in [5, 5.41) is 0. The standard InChI is InChI=1S/C16H28O5/c1-11(2)10-16(6,12(3)4)15(19)21-8-7-20-14(18)9-13(5)17/h11-12H,7-10H2,1-6H3. The number of hydrogen-bond donors (Lipinski definition) is 0. The second-order valence-electron chi connectivity index (χ2n) is 6.41. The van der Waals surface area contributed by atoms with Gasteiger partial charge < -0.3 is 9.47 Å². The molecule has 0 radical (unpaired) electrons. The van der Waals surface area contributed by atoms with E-state index in [4.69, 9.17) is 9.47 Å². The summed E-state index contributed by atoms with van der Waals surface area (Å²) in [6.07, 6.45) is 0.499. The average Bonchev–Trinajstić information content (AvgIpc) is 2.32. The normalized spacial score (nSPS) is 13.9. The molecule has 0 saturated carbocycles. The smallest absolute Gasteiger partial charge is 0.313 e. The summed E-state index contributed by atoms with van der Waals surface area (Å²) in [5.74, 6) is -0.562. The molecular formula is C16H28O5. The fourth-order valence-electron chi connectivity index (χ4n) is 2.11. The van der Waals surface area contributed by atoms with E-state index in [1.54, 1.807) is 0 Å². The molecule has 0 amide bonds. The van der Waals surface area contributed by atoms with Gasteiger partial charge in [-0.25, -0.2) is 0 Å². The Bertz CT molecular complexity index is 373. The van der Waals surface area contributed by atoms with Crippen molar-refractivity contribution in [3.05, 3.63) is 0 Å². The highest BCUT2D eigenvalue weighted by molar-refractivity contribution is 5.94. The average molecular weight is 300 g/mol. The molecule has 1 atom stereocenters. The molecule has 0 aliphatic heterocycles. The first-order valence-electron chi connectivity index (χ1n) is 7.41. The lowest BCUT2D eigenvalue weighted by Crippen LogP contribution is -2.37. The molecule has 0 bridgehead atoms. The van der Waals surface area contributed by atoms with E-state index < -0.39 is 11.4 Å². The molecule has 0 fully saturated rings. The predicted octanol–water partition coefficient (Wildman–Crippen LogP) is 2.76. The van der Waals surface area contributed by atoms with Gasteiger partial charge in [-0.2, -0.15) is 0 Å². The number of carbonyl (C=O) groups is 3. The van der Waals surface area contributed by atoms with E-state index in [2.05, 4.69) is 13.8 Å². The zero-order valence-electron chi connectivity index (χ0n) is 14.0. The fourth-order valence-corrected chi connectivity index (χ4v) is 2.11. The van der Waals surface area contributed by atoms with Crippen LogP contribution in [-0.4, -0.2) is 30.9 Å². The van der Waals surface area contributed by atoms with Gasteiger partial charge >= 0.3 is 11.9 Å². The zero-order chi connectivity index (χ0) is 16.6. The van der Waals surface area contributed by atoms with Crippen LogP contribution in [0.25, 0.3) is 0 Å². The number of rotatable bonds is 9. The summed E-state index contributed by atoms with van der Waals surface area (Å²) < 4.78 is 10.0. The molecule has 0 aromatic heterocycles. The van der Waals surface area contributed by atoms with Gasteiger partial charge in [0.25, 0.3) is 0 Å². The fraction of sp³-hybridized carbons (Fsp3) is 0.812. The third-order valence-electron chi connectivity index (χ3n) is 3.55. The number of ketones is 1. The Hall–Kier alpha value is -1.39. The minimum Gasteiger partial charge on any atom is -0.462 e. The lowest BCUT2D eigenvalue weighted by atomic mass is 9.73. The minimum atomic E-state index is -0.590. The van der Waals surface area contributed by atoms with Gasteiger partial charge in [0.2, 0.25) is 0 Å². The van der Waals surface area contributed by atoms with Crippen LogP contribution in [0.2, 0.25) is 0 Å². The van der Waals surface area contributed by atoms with Crippen LogP contribution in [0, 0.1) is 17.3 Å². The second-order valence-corrected chi connectivity index (χ2v) is 6.41. The third kappa shape index (κ3) is 7.25. The number of Topliss-reactive ketones (excluding diaryl/α,β-unsaturated/α-hetero) is 1. The summed E-state index contributed by atoms with van der Waals surface area (Å²) in [6, 6.07) is 0. The Balaban J connectivity index is 4.28. The molecule has 5 heteroatoms. The van der Waals surface area contributed by atoms with E-state index >= 15 is 0 Å². The van der Waals surface area contributed by atoms with Crippen molar-refractivity contribution in [2.24, 2.45) is 17.3 Å². The summed E-state index contributed by atoms with van der Waals surface area (Å²) in [6.45, 7) is 11.3. The van der Waals surface area contributed by atoms with Crippen LogP contribution >= 0.6 is 0 Å². The Kier molecular flexibility index (Phi) is 8.22. The quantitative estimate of drug-likeness (QED) is 0.372. The highest BCUT2D eigenvalue weighted by atomic mass is 16.6. The zero-order valence-corrected chi connectivity index (χ0v) is 14.0. The first kappa shape index (κ1) is 19.6. The van der Waals surface area contributed by atoms with Crippen molar-refractivity contribution >= 4 is 17.7 Å². The number of carbonyl (C=O) groups excluding carboxylic acids is 3. The lowest BCUT2D eigenvalue weighted by molar-refractivity contribution is -0.163. The molecule has 0 saturated heterocycles. The van der Waals surface area contributed by atoms with Gasteiger partial charge in [0.05, 0.1) is 5.41 Å². The first-order chi connectivity index (χ1) is 9.59. The molecule has 0 aliphatic rings. The molecule has 1 unspecified atom stereocenters. The number of ether oxygens (including phenoxy) is 2. The summed E-state index contributed by atoms with van der Waals surface area (Å²) >= 11 is 0. The first-order valence-corrected chi connectivity index (χ1v) is 7.41. The largest absolute Gasteiger partial charge is 0.462 e. The van der Waals surface area contributed by atoms with Crippen molar-refractivity contribution in [1.29, 1.82) is 0 Å². The summed E-state index contributed by atoms with van der Waals surface area (Å²) in [5.41, 5.74) is -0.544.